The van der Waals surface area contributed by atoms with Crippen LogP contribution in [0.1, 0.15) is 21.5 Å². The third-order valence-electron chi connectivity index (χ3n) is 4.23. The summed E-state index contributed by atoms with van der Waals surface area (Å²) in [5.74, 6) is -1.21. The van der Waals surface area contributed by atoms with Crippen LogP contribution < -0.4 is 10.1 Å². The van der Waals surface area contributed by atoms with Crippen LogP contribution in [0.5, 0.6) is 11.5 Å². The van der Waals surface area contributed by atoms with Gasteiger partial charge in [-0.1, -0.05) is 12.1 Å². The zero-order chi connectivity index (χ0) is 24.2. The van der Waals surface area contributed by atoms with E-state index in [-0.39, 0.29) is 33.2 Å². The van der Waals surface area contributed by atoms with E-state index in [9.17, 15) is 36.6 Å². The molecule has 0 saturated heterocycles. The minimum atomic E-state index is -4.64. The van der Waals surface area contributed by atoms with Crippen molar-refractivity contribution in [3.8, 4) is 11.5 Å². The lowest BCUT2D eigenvalue weighted by molar-refractivity contribution is -0.137. The number of halogens is 3. The molecule has 172 valence electrons. The van der Waals surface area contributed by atoms with Crippen molar-refractivity contribution in [2.75, 3.05) is 4.72 Å². The molecule has 0 spiro atoms. The van der Waals surface area contributed by atoms with E-state index >= 15 is 0 Å². The highest BCUT2D eigenvalue weighted by Gasteiger charge is 2.30. The third kappa shape index (κ3) is 6.01. The summed E-state index contributed by atoms with van der Waals surface area (Å²) in [6.07, 6.45) is -3.53. The number of phenols is 2. The Labute approximate surface area is 186 Å². The number of nitrogens with one attached hydrogen (secondary N) is 2. The van der Waals surface area contributed by atoms with E-state index in [0.29, 0.717) is 6.07 Å². The Morgan fingerprint density at radius 2 is 1.70 bits per heavy atom. The third-order valence-corrected chi connectivity index (χ3v) is 5.61. The van der Waals surface area contributed by atoms with Crippen LogP contribution in [0.3, 0.4) is 0 Å². The van der Waals surface area contributed by atoms with Crippen molar-refractivity contribution in [2.45, 2.75) is 11.1 Å². The molecule has 0 unspecified atom stereocenters. The Morgan fingerprint density at radius 1 is 0.970 bits per heavy atom. The maximum atomic E-state index is 12.9. The van der Waals surface area contributed by atoms with Crippen LogP contribution in [0.4, 0.5) is 18.9 Å². The van der Waals surface area contributed by atoms with Crippen molar-refractivity contribution in [2.24, 2.45) is 5.10 Å². The Kier molecular flexibility index (Phi) is 6.58. The molecule has 0 atom stereocenters. The number of anilines is 1. The van der Waals surface area contributed by atoms with E-state index in [4.69, 9.17) is 0 Å². The summed E-state index contributed by atoms with van der Waals surface area (Å²) in [6, 6.07) is 12.2. The van der Waals surface area contributed by atoms with E-state index in [0.717, 1.165) is 36.5 Å². The molecule has 0 bridgehead atoms. The van der Waals surface area contributed by atoms with Crippen molar-refractivity contribution in [1.82, 2.24) is 5.43 Å². The molecule has 3 rings (SSSR count). The Bertz CT molecular complexity index is 1320. The summed E-state index contributed by atoms with van der Waals surface area (Å²) in [7, 11) is -4.30. The monoisotopic (exact) mass is 479 g/mol. The summed E-state index contributed by atoms with van der Waals surface area (Å²) < 4.78 is 65.8. The first-order valence-corrected chi connectivity index (χ1v) is 10.6. The highest BCUT2D eigenvalue weighted by Crippen LogP contribution is 2.31. The summed E-state index contributed by atoms with van der Waals surface area (Å²) in [5, 5.41) is 22.6. The molecule has 1 amide bonds. The molecule has 8 nitrogen and oxygen atoms in total. The standard InChI is InChI=1S/C21H16F3N3O5S/c22-21(23,24)15-4-2-5-16(10-15)27-33(31,32)18-6-1-3-13(9-18)20(30)26-25-12-14-7-8-17(28)11-19(14)29/h1-12,27-29H,(H,26,30)/b25-12+. The van der Waals surface area contributed by atoms with Gasteiger partial charge in [-0.05, 0) is 48.5 Å². The maximum absolute atomic E-state index is 12.9. The lowest BCUT2D eigenvalue weighted by atomic mass is 10.2. The second kappa shape index (κ2) is 9.20. The van der Waals surface area contributed by atoms with Gasteiger partial charge in [-0.15, -0.1) is 0 Å². The minimum Gasteiger partial charge on any atom is -0.508 e. The molecular weight excluding hydrogens is 463 g/mol. The van der Waals surface area contributed by atoms with Gasteiger partial charge >= 0.3 is 6.18 Å². The van der Waals surface area contributed by atoms with Crippen LogP contribution in [0, 0.1) is 0 Å². The van der Waals surface area contributed by atoms with Gasteiger partial charge in [-0.25, -0.2) is 13.8 Å². The van der Waals surface area contributed by atoms with Crippen LogP contribution >= 0.6 is 0 Å². The van der Waals surface area contributed by atoms with Gasteiger partial charge in [0.05, 0.1) is 16.7 Å². The van der Waals surface area contributed by atoms with Crippen LogP contribution in [-0.4, -0.2) is 30.8 Å². The number of benzene rings is 3. The fraction of sp³-hybridized carbons (Fsp3) is 0.0476. The number of nitrogens with zero attached hydrogens (tertiary/aromatic N) is 1. The predicted octanol–water partition coefficient (Wildman–Crippen LogP) is 3.68. The number of carbonyl (C=O) groups is 1. The SMILES string of the molecule is O=C(N/N=C/c1ccc(O)cc1O)c1cccc(S(=O)(=O)Nc2cccc(C(F)(F)F)c2)c1. The van der Waals surface area contributed by atoms with Crippen molar-refractivity contribution < 1.29 is 36.6 Å². The van der Waals surface area contributed by atoms with Gasteiger partial charge in [-0.3, -0.25) is 9.52 Å². The van der Waals surface area contributed by atoms with Gasteiger partial charge in [0.2, 0.25) is 0 Å². The highest BCUT2D eigenvalue weighted by molar-refractivity contribution is 7.92. The lowest BCUT2D eigenvalue weighted by Crippen LogP contribution is -2.19. The van der Waals surface area contributed by atoms with Crippen LogP contribution in [0.25, 0.3) is 0 Å². The van der Waals surface area contributed by atoms with Crippen LogP contribution in [0.2, 0.25) is 0 Å². The summed E-state index contributed by atoms with van der Waals surface area (Å²) >= 11 is 0. The molecule has 33 heavy (non-hydrogen) atoms. The highest BCUT2D eigenvalue weighted by atomic mass is 32.2. The second-order valence-corrected chi connectivity index (χ2v) is 8.34. The van der Waals surface area contributed by atoms with E-state index in [2.05, 4.69) is 15.2 Å². The van der Waals surface area contributed by atoms with Crippen molar-refractivity contribution in [3.05, 3.63) is 83.4 Å². The number of phenolic OH excluding ortho intramolecular Hbond substituents is 2. The molecule has 0 fully saturated rings. The molecule has 0 aromatic heterocycles. The van der Waals surface area contributed by atoms with E-state index in [1.54, 1.807) is 0 Å². The minimum absolute atomic E-state index is 0.0889. The number of rotatable bonds is 6. The van der Waals surface area contributed by atoms with Crippen molar-refractivity contribution in [3.63, 3.8) is 0 Å². The van der Waals surface area contributed by atoms with Crippen LogP contribution in [-0.2, 0) is 16.2 Å². The molecule has 0 saturated carbocycles. The molecule has 3 aromatic carbocycles. The largest absolute Gasteiger partial charge is 0.508 e. The fourth-order valence-electron chi connectivity index (χ4n) is 2.64. The van der Waals surface area contributed by atoms with Gasteiger partial charge in [0.1, 0.15) is 11.5 Å². The predicted molar refractivity (Wildman–Crippen MR) is 114 cm³/mol. The molecule has 0 aliphatic heterocycles. The first kappa shape index (κ1) is 23.6. The molecule has 0 aliphatic carbocycles. The number of alkyl halides is 3. The Morgan fingerprint density at radius 3 is 2.39 bits per heavy atom. The first-order valence-electron chi connectivity index (χ1n) is 9.11. The molecular formula is C21H16F3N3O5S. The summed E-state index contributed by atoms with van der Waals surface area (Å²) in [4.78, 5) is 11.9. The fourth-order valence-corrected chi connectivity index (χ4v) is 3.74. The second-order valence-electron chi connectivity index (χ2n) is 6.65. The van der Waals surface area contributed by atoms with Gasteiger partial charge in [-0.2, -0.15) is 18.3 Å². The zero-order valence-electron chi connectivity index (χ0n) is 16.5. The number of aromatic hydroxyl groups is 2. The lowest BCUT2D eigenvalue weighted by Gasteiger charge is -2.12. The number of amides is 1. The summed E-state index contributed by atoms with van der Waals surface area (Å²) in [5.41, 5.74) is 0.959. The molecule has 3 aromatic rings. The van der Waals surface area contributed by atoms with E-state index in [1.165, 1.54) is 30.3 Å². The topological polar surface area (TPSA) is 128 Å². The maximum Gasteiger partial charge on any atom is 0.416 e. The average Bonchev–Trinajstić information content (AvgIpc) is 2.74. The quantitative estimate of drug-likeness (QED) is 0.317. The molecule has 0 heterocycles. The Balaban J connectivity index is 1.75. The van der Waals surface area contributed by atoms with Gasteiger partial charge in [0.25, 0.3) is 15.9 Å². The average molecular weight is 479 g/mol. The molecule has 0 aliphatic rings. The zero-order valence-corrected chi connectivity index (χ0v) is 17.4. The van der Waals surface area contributed by atoms with Crippen LogP contribution in [0.15, 0.2) is 76.7 Å². The van der Waals surface area contributed by atoms with E-state index in [1.807, 2.05) is 0 Å². The number of hydrogen-bond donors (Lipinski definition) is 4. The van der Waals surface area contributed by atoms with E-state index < -0.39 is 27.7 Å². The van der Waals surface area contributed by atoms with Gasteiger partial charge < -0.3 is 10.2 Å². The normalized spacial score (nSPS) is 12.0. The molecule has 4 N–H and O–H groups in total. The van der Waals surface area contributed by atoms with Gasteiger partial charge in [0.15, 0.2) is 0 Å². The number of hydrazone groups is 1. The number of sulfonamides is 1. The molecule has 0 radical (unpaired) electrons. The number of hydrogen-bond acceptors (Lipinski definition) is 6. The Hall–Kier alpha value is -4.06. The molecule has 12 heteroatoms. The first-order chi connectivity index (χ1) is 15.5. The summed E-state index contributed by atoms with van der Waals surface area (Å²) in [6.45, 7) is 0. The van der Waals surface area contributed by atoms with Crippen molar-refractivity contribution >= 4 is 27.8 Å². The smallest absolute Gasteiger partial charge is 0.416 e. The van der Waals surface area contributed by atoms with Crippen molar-refractivity contribution in [1.29, 1.82) is 0 Å². The van der Waals surface area contributed by atoms with Gasteiger partial charge in [0, 0.05) is 22.9 Å². The number of carbonyl (C=O) groups excluding carboxylic acids is 1.